The van der Waals surface area contributed by atoms with Gasteiger partial charge in [-0.05, 0) is 36.4 Å². The van der Waals surface area contributed by atoms with Gasteiger partial charge >= 0.3 is 0 Å². The number of para-hydroxylation sites is 3. The van der Waals surface area contributed by atoms with Gasteiger partial charge < -0.3 is 14.5 Å². The quantitative estimate of drug-likeness (QED) is 0.561. The molecule has 5 rings (SSSR count). The smallest absolute Gasteiger partial charge is 0.136 e. The molecule has 2 heterocycles. The first-order valence-electron chi connectivity index (χ1n) is 9.62. The monoisotopic (exact) mass is 388 g/mol. The summed E-state index contributed by atoms with van der Waals surface area (Å²) >= 11 is 6.98. The van der Waals surface area contributed by atoms with Crippen molar-refractivity contribution < 1.29 is 4.74 Å². The van der Waals surface area contributed by atoms with Crippen LogP contribution < -0.4 is 9.64 Å². The van der Waals surface area contributed by atoms with Crippen molar-refractivity contribution >= 4 is 28.0 Å². The highest BCUT2D eigenvalue weighted by atomic mass is 35.5. The highest BCUT2D eigenvalue weighted by Crippen LogP contribution is 2.45. The third kappa shape index (κ3) is 3.02. The highest BCUT2D eigenvalue weighted by Gasteiger charge is 2.28. The Bertz CT molecular complexity index is 1020. The average Bonchev–Trinajstić information content (AvgIpc) is 2.88. The molecule has 0 atom stereocenters. The molecular weight excluding hydrogens is 368 g/mol. The van der Waals surface area contributed by atoms with Crippen molar-refractivity contribution in [2.75, 3.05) is 31.1 Å². The van der Waals surface area contributed by atoms with Crippen LogP contribution in [-0.4, -0.2) is 31.1 Å². The average molecular weight is 389 g/mol. The van der Waals surface area contributed by atoms with Crippen molar-refractivity contribution in [3.63, 3.8) is 0 Å². The number of hydrogen-bond acceptors (Lipinski definition) is 3. The fraction of sp³-hybridized carbons (Fsp3) is 0.167. The van der Waals surface area contributed by atoms with E-state index in [0.717, 1.165) is 59.5 Å². The molecule has 3 aromatic rings. The molecule has 0 saturated carbocycles. The minimum Gasteiger partial charge on any atom is -0.456 e. The first-order valence-corrected chi connectivity index (χ1v) is 10.0. The van der Waals surface area contributed by atoms with Crippen LogP contribution in [0.5, 0.6) is 11.5 Å². The van der Waals surface area contributed by atoms with E-state index in [4.69, 9.17) is 16.3 Å². The maximum Gasteiger partial charge on any atom is 0.136 e. The van der Waals surface area contributed by atoms with Gasteiger partial charge in [0, 0.05) is 43.0 Å². The van der Waals surface area contributed by atoms with Crippen molar-refractivity contribution in [1.29, 1.82) is 0 Å². The summed E-state index contributed by atoms with van der Waals surface area (Å²) in [7, 11) is 0. The molecule has 0 amide bonds. The highest BCUT2D eigenvalue weighted by molar-refractivity contribution is 6.53. The van der Waals surface area contributed by atoms with E-state index in [1.165, 1.54) is 5.69 Å². The molecule has 2 aliphatic rings. The molecule has 3 nitrogen and oxygen atoms in total. The number of piperazine rings is 1. The topological polar surface area (TPSA) is 15.7 Å². The molecule has 1 fully saturated rings. The summed E-state index contributed by atoms with van der Waals surface area (Å²) in [6.07, 6.45) is 0. The van der Waals surface area contributed by atoms with Gasteiger partial charge in [-0.1, -0.05) is 54.1 Å². The molecule has 0 aliphatic carbocycles. The van der Waals surface area contributed by atoms with Gasteiger partial charge in [-0.3, -0.25) is 0 Å². The van der Waals surface area contributed by atoms with E-state index >= 15 is 0 Å². The molecule has 28 heavy (non-hydrogen) atoms. The number of ether oxygens (including phenoxy) is 1. The van der Waals surface area contributed by atoms with E-state index in [0.29, 0.717) is 0 Å². The summed E-state index contributed by atoms with van der Waals surface area (Å²) in [4.78, 5) is 4.82. The second-order valence-corrected chi connectivity index (χ2v) is 7.44. The number of benzene rings is 3. The maximum absolute atomic E-state index is 6.98. The van der Waals surface area contributed by atoms with Gasteiger partial charge in [-0.25, -0.2) is 0 Å². The fourth-order valence-electron chi connectivity index (χ4n) is 3.99. The van der Waals surface area contributed by atoms with Crippen molar-refractivity contribution in [2.45, 2.75) is 0 Å². The second kappa shape index (κ2) is 7.25. The van der Waals surface area contributed by atoms with Gasteiger partial charge in [0.1, 0.15) is 11.5 Å². The van der Waals surface area contributed by atoms with Crippen LogP contribution in [0.1, 0.15) is 11.1 Å². The summed E-state index contributed by atoms with van der Waals surface area (Å²) < 4.78 is 6.22. The molecule has 0 radical (unpaired) electrons. The number of hydrogen-bond donors (Lipinski definition) is 0. The van der Waals surface area contributed by atoms with E-state index in [-0.39, 0.29) is 0 Å². The van der Waals surface area contributed by atoms with Crippen LogP contribution in [0.25, 0.3) is 10.7 Å². The second-order valence-electron chi connectivity index (χ2n) is 7.07. The molecule has 4 heteroatoms. The Kier molecular flexibility index (Phi) is 4.46. The number of rotatable bonds is 2. The van der Waals surface area contributed by atoms with Crippen LogP contribution in [0.3, 0.4) is 0 Å². The van der Waals surface area contributed by atoms with E-state index in [9.17, 15) is 0 Å². The van der Waals surface area contributed by atoms with Gasteiger partial charge in [0.15, 0.2) is 0 Å². The van der Waals surface area contributed by atoms with Crippen LogP contribution in [-0.2, 0) is 0 Å². The van der Waals surface area contributed by atoms with Crippen LogP contribution in [0.4, 0.5) is 5.69 Å². The van der Waals surface area contributed by atoms with E-state index in [1.807, 2.05) is 42.5 Å². The maximum atomic E-state index is 6.98. The van der Waals surface area contributed by atoms with E-state index < -0.39 is 0 Å². The summed E-state index contributed by atoms with van der Waals surface area (Å²) in [6.45, 7) is 3.75. The van der Waals surface area contributed by atoms with Gasteiger partial charge in [-0.2, -0.15) is 0 Å². The normalized spacial score (nSPS) is 16.2. The molecule has 0 unspecified atom stereocenters. The zero-order chi connectivity index (χ0) is 18.9. The lowest BCUT2D eigenvalue weighted by Crippen LogP contribution is -2.45. The minimum absolute atomic E-state index is 0.758. The molecule has 140 valence electrons. The lowest BCUT2D eigenvalue weighted by Gasteiger charge is -2.39. The third-order valence-electron chi connectivity index (χ3n) is 5.41. The zero-order valence-electron chi connectivity index (χ0n) is 15.5. The first-order chi connectivity index (χ1) is 13.8. The number of halogens is 1. The van der Waals surface area contributed by atoms with Crippen molar-refractivity contribution in [3.05, 3.63) is 90.0 Å². The van der Waals surface area contributed by atoms with Crippen LogP contribution >= 0.6 is 11.6 Å². The van der Waals surface area contributed by atoms with Gasteiger partial charge in [0.25, 0.3) is 0 Å². The summed E-state index contributed by atoms with van der Waals surface area (Å²) in [5, 5.41) is 0.758. The van der Waals surface area contributed by atoms with Gasteiger partial charge in [0.05, 0.1) is 10.7 Å². The molecule has 0 bridgehead atoms. The predicted molar refractivity (Wildman–Crippen MR) is 116 cm³/mol. The van der Waals surface area contributed by atoms with Gasteiger partial charge in [-0.15, -0.1) is 0 Å². The largest absolute Gasteiger partial charge is 0.456 e. The lowest BCUT2D eigenvalue weighted by atomic mass is 10.1. The summed E-state index contributed by atoms with van der Waals surface area (Å²) in [6, 6.07) is 26.8. The zero-order valence-corrected chi connectivity index (χ0v) is 16.3. The van der Waals surface area contributed by atoms with Crippen LogP contribution in [0.15, 0.2) is 78.9 Å². The van der Waals surface area contributed by atoms with Crippen LogP contribution in [0, 0.1) is 0 Å². The molecule has 0 spiro atoms. The Hall–Kier alpha value is -2.91. The Balaban J connectivity index is 1.52. The lowest BCUT2D eigenvalue weighted by molar-refractivity contribution is 0.367. The summed E-state index contributed by atoms with van der Waals surface area (Å²) in [5.74, 6) is 1.66. The Morgan fingerprint density at radius 2 is 1.14 bits per heavy atom. The van der Waals surface area contributed by atoms with E-state index in [2.05, 4.69) is 46.2 Å². The van der Waals surface area contributed by atoms with Crippen molar-refractivity contribution in [1.82, 2.24) is 4.90 Å². The first kappa shape index (κ1) is 17.2. The molecule has 0 aromatic heterocycles. The Labute approximate surface area is 170 Å². The van der Waals surface area contributed by atoms with Gasteiger partial charge in [0.2, 0.25) is 0 Å². The molecule has 0 N–H and O–H groups in total. The Morgan fingerprint density at radius 1 is 0.607 bits per heavy atom. The minimum atomic E-state index is 0.758. The number of fused-ring (bicyclic) bond motifs is 2. The fourth-order valence-corrected chi connectivity index (χ4v) is 4.37. The van der Waals surface area contributed by atoms with E-state index in [1.54, 1.807) is 0 Å². The molecular formula is C24H21ClN2O. The third-order valence-corrected chi connectivity index (χ3v) is 5.79. The number of anilines is 1. The van der Waals surface area contributed by atoms with Crippen molar-refractivity contribution in [2.24, 2.45) is 0 Å². The standard InChI is InChI=1S/C24H21ClN2O/c25-23-19-10-4-6-12-21(19)28-22-13-7-5-11-20(22)24(23)27-16-14-26(15-17-27)18-8-2-1-3-9-18/h1-13H,14-17H2. The molecule has 1 saturated heterocycles. The SMILES string of the molecule is ClC1=C(N2CCN(c3ccccc3)CC2)c2ccccc2Oc2ccccc21. The van der Waals surface area contributed by atoms with Crippen LogP contribution in [0.2, 0.25) is 0 Å². The summed E-state index contributed by atoms with van der Waals surface area (Å²) in [5.41, 5.74) is 4.34. The molecule has 3 aromatic carbocycles. The predicted octanol–water partition coefficient (Wildman–Crippen LogP) is 5.68. The number of nitrogens with zero attached hydrogens (tertiary/aromatic N) is 2. The van der Waals surface area contributed by atoms with Crippen molar-refractivity contribution in [3.8, 4) is 11.5 Å². The Morgan fingerprint density at radius 3 is 1.86 bits per heavy atom. The molecule has 2 aliphatic heterocycles.